The van der Waals surface area contributed by atoms with E-state index in [0.29, 0.717) is 17.7 Å². The van der Waals surface area contributed by atoms with E-state index in [1.165, 1.54) is 12.1 Å². The van der Waals surface area contributed by atoms with Crippen molar-refractivity contribution >= 4 is 17.5 Å². The van der Waals surface area contributed by atoms with Crippen molar-refractivity contribution in [2.75, 3.05) is 17.7 Å². The number of hydrogen-bond acceptors (Lipinski definition) is 4. The third kappa shape index (κ3) is 2.54. The molecule has 3 rings (SSSR count). The van der Waals surface area contributed by atoms with Crippen molar-refractivity contribution < 1.29 is 8.78 Å². The van der Waals surface area contributed by atoms with E-state index in [4.69, 9.17) is 0 Å². The summed E-state index contributed by atoms with van der Waals surface area (Å²) in [7, 11) is 1.72. The van der Waals surface area contributed by atoms with Gasteiger partial charge < -0.3 is 10.6 Å². The molecule has 0 aliphatic heterocycles. The molecule has 20 heavy (non-hydrogen) atoms. The molecule has 1 fully saturated rings. The fourth-order valence-corrected chi connectivity index (χ4v) is 1.97. The summed E-state index contributed by atoms with van der Waals surface area (Å²) >= 11 is 0. The van der Waals surface area contributed by atoms with Gasteiger partial charge in [-0.25, -0.2) is 13.8 Å². The Morgan fingerprint density at radius 1 is 1.20 bits per heavy atom. The highest BCUT2D eigenvalue weighted by molar-refractivity contribution is 5.58. The Morgan fingerprint density at radius 3 is 2.70 bits per heavy atom. The molecule has 0 saturated heterocycles. The molecule has 104 valence electrons. The number of aromatic nitrogens is 2. The van der Waals surface area contributed by atoms with Gasteiger partial charge in [0.15, 0.2) is 11.6 Å². The average Bonchev–Trinajstić information content (AvgIpc) is 3.28. The van der Waals surface area contributed by atoms with Crippen molar-refractivity contribution in [2.45, 2.75) is 18.8 Å². The molecule has 0 spiro atoms. The Labute approximate surface area is 115 Å². The van der Waals surface area contributed by atoms with Crippen molar-refractivity contribution in [3.05, 3.63) is 41.6 Å². The van der Waals surface area contributed by atoms with Gasteiger partial charge in [0.2, 0.25) is 5.95 Å². The van der Waals surface area contributed by atoms with E-state index in [-0.39, 0.29) is 5.69 Å². The predicted molar refractivity (Wildman–Crippen MR) is 73.2 cm³/mol. The Morgan fingerprint density at radius 2 is 2.00 bits per heavy atom. The fraction of sp³-hybridized carbons (Fsp3) is 0.286. The monoisotopic (exact) mass is 276 g/mol. The summed E-state index contributed by atoms with van der Waals surface area (Å²) in [5.41, 5.74) is 0.983. The zero-order valence-corrected chi connectivity index (χ0v) is 11.0. The standard InChI is InChI=1S/C14H14F2N4/c1-17-14-19-11(8-5-6-8)7-12(20-14)18-10-4-2-3-9(15)13(10)16/h2-4,7-8H,5-6H2,1H3,(H2,17,18,19,20). The van der Waals surface area contributed by atoms with Gasteiger partial charge in [0.1, 0.15) is 5.82 Å². The van der Waals surface area contributed by atoms with Crippen LogP contribution in [0.15, 0.2) is 24.3 Å². The van der Waals surface area contributed by atoms with Crippen LogP contribution in [0.1, 0.15) is 24.5 Å². The van der Waals surface area contributed by atoms with Crippen LogP contribution in [0.3, 0.4) is 0 Å². The van der Waals surface area contributed by atoms with Gasteiger partial charge in [0, 0.05) is 19.0 Å². The normalized spacial score (nSPS) is 14.2. The maximum absolute atomic E-state index is 13.6. The number of hydrogen-bond donors (Lipinski definition) is 2. The molecule has 0 amide bonds. The zero-order valence-electron chi connectivity index (χ0n) is 11.0. The number of rotatable bonds is 4. The number of nitrogens with one attached hydrogen (secondary N) is 2. The maximum atomic E-state index is 13.6. The summed E-state index contributed by atoms with van der Waals surface area (Å²) in [6, 6.07) is 5.77. The van der Waals surface area contributed by atoms with Crippen molar-refractivity contribution in [2.24, 2.45) is 0 Å². The van der Waals surface area contributed by atoms with Crippen LogP contribution in [-0.4, -0.2) is 17.0 Å². The first-order chi connectivity index (χ1) is 9.67. The maximum Gasteiger partial charge on any atom is 0.224 e. The van der Waals surface area contributed by atoms with Gasteiger partial charge in [-0.05, 0) is 25.0 Å². The topological polar surface area (TPSA) is 49.8 Å². The van der Waals surface area contributed by atoms with Gasteiger partial charge in [-0.2, -0.15) is 4.98 Å². The van der Waals surface area contributed by atoms with Crippen LogP contribution >= 0.6 is 0 Å². The van der Waals surface area contributed by atoms with Gasteiger partial charge in [0.25, 0.3) is 0 Å². The highest BCUT2D eigenvalue weighted by Crippen LogP contribution is 2.40. The largest absolute Gasteiger partial charge is 0.357 e. The van der Waals surface area contributed by atoms with Crippen LogP contribution in [0, 0.1) is 11.6 Å². The van der Waals surface area contributed by atoms with Gasteiger partial charge in [-0.1, -0.05) is 6.07 Å². The molecular formula is C14H14F2N4. The van der Waals surface area contributed by atoms with E-state index >= 15 is 0 Å². The fourth-order valence-electron chi connectivity index (χ4n) is 1.97. The Kier molecular flexibility index (Phi) is 3.22. The van der Waals surface area contributed by atoms with Gasteiger partial charge in [-0.15, -0.1) is 0 Å². The summed E-state index contributed by atoms with van der Waals surface area (Å²) in [4.78, 5) is 8.57. The average molecular weight is 276 g/mol. The van der Waals surface area contributed by atoms with Crippen LogP contribution in [0.5, 0.6) is 0 Å². The van der Waals surface area contributed by atoms with Crippen molar-refractivity contribution in [3.63, 3.8) is 0 Å². The molecule has 2 aromatic rings. The summed E-state index contributed by atoms with van der Waals surface area (Å²) < 4.78 is 26.8. The van der Waals surface area contributed by atoms with Crippen LogP contribution in [0.25, 0.3) is 0 Å². The highest BCUT2D eigenvalue weighted by Gasteiger charge is 2.26. The Balaban J connectivity index is 1.93. The molecule has 0 atom stereocenters. The summed E-state index contributed by atoms with van der Waals surface area (Å²) in [6.07, 6.45) is 2.21. The molecule has 0 unspecified atom stereocenters. The first-order valence-corrected chi connectivity index (χ1v) is 6.45. The quantitative estimate of drug-likeness (QED) is 0.898. The first kappa shape index (κ1) is 12.8. The van der Waals surface area contributed by atoms with E-state index < -0.39 is 11.6 Å². The molecule has 2 N–H and O–H groups in total. The van der Waals surface area contributed by atoms with Crippen molar-refractivity contribution in [3.8, 4) is 0 Å². The molecule has 1 aromatic carbocycles. The highest BCUT2D eigenvalue weighted by atomic mass is 19.2. The van der Waals surface area contributed by atoms with Crippen LogP contribution in [0.2, 0.25) is 0 Å². The lowest BCUT2D eigenvalue weighted by Gasteiger charge is -2.10. The Hall–Kier alpha value is -2.24. The summed E-state index contributed by atoms with van der Waals surface area (Å²) in [5, 5.41) is 5.68. The second-order valence-corrected chi connectivity index (χ2v) is 4.75. The minimum absolute atomic E-state index is 0.0625. The van der Waals surface area contributed by atoms with E-state index in [2.05, 4.69) is 20.6 Å². The number of anilines is 3. The number of nitrogens with zero attached hydrogens (tertiary/aromatic N) is 2. The molecule has 1 aliphatic rings. The Bertz CT molecular complexity index is 641. The second kappa shape index (κ2) is 5.03. The van der Waals surface area contributed by atoms with E-state index in [1.54, 1.807) is 13.1 Å². The van der Waals surface area contributed by atoms with E-state index in [1.807, 2.05) is 0 Å². The number of halogens is 2. The molecule has 1 saturated carbocycles. The van der Waals surface area contributed by atoms with Crippen molar-refractivity contribution in [1.82, 2.24) is 9.97 Å². The molecule has 1 aromatic heterocycles. The molecule has 0 bridgehead atoms. The van der Waals surface area contributed by atoms with Gasteiger partial charge in [0.05, 0.1) is 11.4 Å². The third-order valence-electron chi connectivity index (χ3n) is 3.18. The molecular weight excluding hydrogens is 262 g/mol. The van der Waals surface area contributed by atoms with Crippen LogP contribution in [-0.2, 0) is 0 Å². The van der Waals surface area contributed by atoms with Gasteiger partial charge in [-0.3, -0.25) is 0 Å². The van der Waals surface area contributed by atoms with Gasteiger partial charge >= 0.3 is 0 Å². The van der Waals surface area contributed by atoms with E-state index in [9.17, 15) is 8.78 Å². The minimum Gasteiger partial charge on any atom is -0.357 e. The zero-order chi connectivity index (χ0) is 14.1. The minimum atomic E-state index is -0.912. The molecule has 1 heterocycles. The SMILES string of the molecule is CNc1nc(Nc2cccc(F)c2F)cc(C2CC2)n1. The van der Waals surface area contributed by atoms with E-state index in [0.717, 1.165) is 24.6 Å². The predicted octanol–water partition coefficient (Wildman–Crippen LogP) is 3.42. The first-order valence-electron chi connectivity index (χ1n) is 6.45. The lowest BCUT2D eigenvalue weighted by molar-refractivity contribution is 0.511. The third-order valence-corrected chi connectivity index (χ3v) is 3.18. The number of benzene rings is 1. The summed E-state index contributed by atoms with van der Waals surface area (Å²) in [6.45, 7) is 0. The molecule has 1 aliphatic carbocycles. The molecule has 6 heteroatoms. The summed E-state index contributed by atoms with van der Waals surface area (Å²) in [5.74, 6) is -0.433. The van der Waals surface area contributed by atoms with Crippen LogP contribution < -0.4 is 10.6 Å². The smallest absolute Gasteiger partial charge is 0.224 e. The second-order valence-electron chi connectivity index (χ2n) is 4.75. The lowest BCUT2D eigenvalue weighted by Crippen LogP contribution is -2.04. The lowest BCUT2D eigenvalue weighted by atomic mass is 10.2. The van der Waals surface area contributed by atoms with Crippen LogP contribution in [0.4, 0.5) is 26.2 Å². The molecule has 4 nitrogen and oxygen atoms in total. The van der Waals surface area contributed by atoms with Crippen molar-refractivity contribution in [1.29, 1.82) is 0 Å². The molecule has 0 radical (unpaired) electrons.